The van der Waals surface area contributed by atoms with Crippen LogP contribution in [-0.2, 0) is 9.59 Å². The van der Waals surface area contributed by atoms with Crippen LogP contribution in [0.25, 0.3) is 6.08 Å². The molecule has 1 N–H and O–H groups in total. The summed E-state index contributed by atoms with van der Waals surface area (Å²) in [6, 6.07) is 16.3. The van der Waals surface area contributed by atoms with Crippen molar-refractivity contribution in [2.24, 2.45) is 0 Å². The maximum atomic E-state index is 12.6. The number of ether oxygens (including phenoxy) is 1. The van der Waals surface area contributed by atoms with Crippen LogP contribution in [0.1, 0.15) is 16.1 Å². The van der Waals surface area contributed by atoms with E-state index in [-0.39, 0.29) is 22.1 Å². The van der Waals surface area contributed by atoms with Crippen molar-refractivity contribution in [1.82, 2.24) is 5.43 Å². The zero-order valence-corrected chi connectivity index (χ0v) is 15.6. The molecule has 0 radical (unpaired) electrons. The zero-order valence-electron chi connectivity index (χ0n) is 14.8. The van der Waals surface area contributed by atoms with Crippen LogP contribution in [0.4, 0.5) is 5.69 Å². The molecule has 2 heterocycles. The molecule has 2 aromatic carbocycles. The van der Waals surface area contributed by atoms with E-state index in [9.17, 15) is 14.4 Å². The number of anilines is 1. The lowest BCUT2D eigenvalue weighted by atomic mass is 10.1. The molecule has 8 heteroatoms. The standard InChI is InChI=1S/C21H13ClN2O5/c22-16-12-13(8-9-17(16)29-21(27)18-7-4-10-28-18)11-15-19(25)23-24(20(15)26)14-5-2-1-3-6-14/h1-12H,(H,23,25)/b15-11+. The number of carbonyl (C=O) groups excluding carboxylic acids is 3. The van der Waals surface area contributed by atoms with Crippen LogP contribution < -0.4 is 15.2 Å². The van der Waals surface area contributed by atoms with Crippen LogP contribution in [0.2, 0.25) is 5.02 Å². The number of halogens is 1. The first kappa shape index (κ1) is 18.5. The van der Waals surface area contributed by atoms with Gasteiger partial charge in [0.15, 0.2) is 0 Å². The van der Waals surface area contributed by atoms with E-state index in [1.165, 1.54) is 35.5 Å². The number of nitrogens with zero attached hydrogens (tertiary/aromatic N) is 1. The molecule has 0 aliphatic carbocycles. The minimum atomic E-state index is -0.688. The fraction of sp³-hybridized carbons (Fsp3) is 0. The average Bonchev–Trinajstić information content (AvgIpc) is 3.35. The number of benzene rings is 2. The molecule has 144 valence electrons. The summed E-state index contributed by atoms with van der Waals surface area (Å²) in [5.74, 6) is -1.52. The Bertz CT molecular complexity index is 1120. The molecule has 2 amide bonds. The second-order valence-electron chi connectivity index (χ2n) is 6.03. The third-order valence-corrected chi connectivity index (χ3v) is 4.39. The molecule has 0 saturated carbocycles. The average molecular weight is 409 g/mol. The Morgan fingerprint density at radius 1 is 1.07 bits per heavy atom. The molecular formula is C21H13ClN2O5. The Hall–Kier alpha value is -3.84. The highest BCUT2D eigenvalue weighted by atomic mass is 35.5. The maximum Gasteiger partial charge on any atom is 0.379 e. The summed E-state index contributed by atoms with van der Waals surface area (Å²) in [5, 5.41) is 1.32. The first-order chi connectivity index (χ1) is 14.0. The van der Waals surface area contributed by atoms with Gasteiger partial charge in [0, 0.05) is 0 Å². The number of carbonyl (C=O) groups is 3. The number of rotatable bonds is 4. The summed E-state index contributed by atoms with van der Waals surface area (Å²) in [6.07, 6.45) is 2.78. The van der Waals surface area contributed by atoms with E-state index in [0.717, 1.165) is 0 Å². The van der Waals surface area contributed by atoms with Gasteiger partial charge in [-0.1, -0.05) is 35.9 Å². The van der Waals surface area contributed by atoms with Gasteiger partial charge in [0.2, 0.25) is 5.76 Å². The Kier molecular flexibility index (Phi) is 4.88. The summed E-state index contributed by atoms with van der Waals surface area (Å²) in [7, 11) is 0. The van der Waals surface area contributed by atoms with Crippen molar-refractivity contribution in [3.8, 4) is 5.75 Å². The number of para-hydroxylation sites is 1. The third-order valence-electron chi connectivity index (χ3n) is 4.10. The highest BCUT2D eigenvalue weighted by molar-refractivity contribution is 6.33. The third kappa shape index (κ3) is 3.76. The van der Waals surface area contributed by atoms with E-state index < -0.39 is 17.8 Å². The van der Waals surface area contributed by atoms with E-state index in [4.69, 9.17) is 20.8 Å². The van der Waals surface area contributed by atoms with Crippen LogP contribution in [0.3, 0.4) is 0 Å². The fourth-order valence-corrected chi connectivity index (χ4v) is 2.95. The number of furan rings is 1. The van der Waals surface area contributed by atoms with Gasteiger partial charge in [0.25, 0.3) is 11.8 Å². The minimum absolute atomic E-state index is 0.0368. The van der Waals surface area contributed by atoms with Gasteiger partial charge in [-0.25, -0.2) is 9.80 Å². The van der Waals surface area contributed by atoms with Crippen molar-refractivity contribution in [3.05, 3.63) is 88.8 Å². The number of hydrazine groups is 1. The van der Waals surface area contributed by atoms with Gasteiger partial charge >= 0.3 is 5.97 Å². The van der Waals surface area contributed by atoms with Gasteiger partial charge in [-0.2, -0.15) is 0 Å². The first-order valence-electron chi connectivity index (χ1n) is 8.50. The van der Waals surface area contributed by atoms with Crippen LogP contribution in [-0.4, -0.2) is 17.8 Å². The molecule has 0 atom stereocenters. The maximum absolute atomic E-state index is 12.6. The molecule has 1 saturated heterocycles. The SMILES string of the molecule is O=C1NN(c2ccccc2)C(=O)/C1=C/c1ccc(OC(=O)c2ccco2)c(Cl)c1. The summed E-state index contributed by atoms with van der Waals surface area (Å²) >= 11 is 6.18. The molecule has 1 aromatic heterocycles. The van der Waals surface area contributed by atoms with Crippen molar-refractivity contribution in [2.75, 3.05) is 5.01 Å². The Morgan fingerprint density at radius 2 is 1.86 bits per heavy atom. The fourth-order valence-electron chi connectivity index (χ4n) is 2.72. The number of hydrogen-bond acceptors (Lipinski definition) is 5. The Labute approximate surface area is 170 Å². The van der Waals surface area contributed by atoms with Crippen LogP contribution >= 0.6 is 11.6 Å². The van der Waals surface area contributed by atoms with Gasteiger partial charge in [0.05, 0.1) is 17.0 Å². The van der Waals surface area contributed by atoms with Crippen molar-refractivity contribution >= 4 is 41.1 Å². The molecule has 0 unspecified atom stereocenters. The van der Waals surface area contributed by atoms with Crippen LogP contribution in [0.5, 0.6) is 5.75 Å². The van der Waals surface area contributed by atoms with Crippen LogP contribution in [0, 0.1) is 0 Å². The van der Waals surface area contributed by atoms with Gasteiger partial charge in [-0.15, -0.1) is 0 Å². The molecule has 29 heavy (non-hydrogen) atoms. The second kappa shape index (κ2) is 7.65. The highest BCUT2D eigenvalue weighted by Gasteiger charge is 2.34. The zero-order chi connectivity index (χ0) is 20.4. The summed E-state index contributed by atoms with van der Waals surface area (Å²) < 4.78 is 10.2. The molecule has 0 bridgehead atoms. The van der Waals surface area contributed by atoms with E-state index >= 15 is 0 Å². The lowest BCUT2D eigenvalue weighted by Crippen LogP contribution is -2.35. The Balaban J connectivity index is 1.55. The lowest BCUT2D eigenvalue weighted by molar-refractivity contribution is -0.117. The lowest BCUT2D eigenvalue weighted by Gasteiger charge is -2.13. The van der Waals surface area contributed by atoms with Crippen molar-refractivity contribution in [1.29, 1.82) is 0 Å². The molecule has 7 nitrogen and oxygen atoms in total. The monoisotopic (exact) mass is 408 g/mol. The van der Waals surface area contributed by atoms with Crippen LogP contribution in [0.15, 0.2) is 76.9 Å². The van der Waals surface area contributed by atoms with Gasteiger partial charge in [-0.05, 0) is 48.0 Å². The number of esters is 1. The van der Waals surface area contributed by atoms with E-state index in [0.29, 0.717) is 11.3 Å². The predicted octanol–water partition coefficient (Wildman–Crippen LogP) is 3.61. The first-order valence-corrected chi connectivity index (χ1v) is 8.88. The summed E-state index contributed by atoms with van der Waals surface area (Å²) in [6.45, 7) is 0. The molecule has 3 aromatic rings. The van der Waals surface area contributed by atoms with E-state index in [1.54, 1.807) is 36.4 Å². The number of hydrogen-bond donors (Lipinski definition) is 1. The molecular weight excluding hydrogens is 396 g/mol. The van der Waals surface area contributed by atoms with Crippen molar-refractivity contribution in [3.63, 3.8) is 0 Å². The minimum Gasteiger partial charge on any atom is -0.457 e. The largest absolute Gasteiger partial charge is 0.457 e. The molecule has 1 fully saturated rings. The highest BCUT2D eigenvalue weighted by Crippen LogP contribution is 2.28. The quantitative estimate of drug-likeness (QED) is 0.308. The number of amides is 2. The molecule has 4 rings (SSSR count). The summed E-state index contributed by atoms with van der Waals surface area (Å²) in [5.41, 5.74) is 3.53. The molecule has 0 spiro atoms. The normalized spacial score (nSPS) is 14.9. The topological polar surface area (TPSA) is 88.9 Å². The smallest absolute Gasteiger partial charge is 0.379 e. The Morgan fingerprint density at radius 3 is 2.55 bits per heavy atom. The van der Waals surface area contributed by atoms with Gasteiger partial charge in [0.1, 0.15) is 11.3 Å². The van der Waals surface area contributed by atoms with Crippen molar-refractivity contribution in [2.45, 2.75) is 0 Å². The van der Waals surface area contributed by atoms with E-state index in [2.05, 4.69) is 5.43 Å². The van der Waals surface area contributed by atoms with Crippen molar-refractivity contribution < 1.29 is 23.5 Å². The summed E-state index contributed by atoms with van der Waals surface area (Å²) in [4.78, 5) is 36.8. The molecule has 1 aliphatic heterocycles. The van der Waals surface area contributed by atoms with Gasteiger partial charge in [-0.3, -0.25) is 15.0 Å². The van der Waals surface area contributed by atoms with E-state index in [1.807, 2.05) is 6.07 Å². The molecule has 1 aliphatic rings. The predicted molar refractivity (Wildman–Crippen MR) is 105 cm³/mol. The second-order valence-corrected chi connectivity index (χ2v) is 6.44. The van der Waals surface area contributed by atoms with Gasteiger partial charge < -0.3 is 9.15 Å². The number of nitrogens with one attached hydrogen (secondary N) is 1.